The van der Waals surface area contributed by atoms with Gasteiger partial charge in [0.05, 0.1) is 12.5 Å². The second-order valence-corrected chi connectivity index (χ2v) is 5.36. The molecule has 2 bridgehead atoms. The monoisotopic (exact) mass is 286 g/mol. The molecule has 2 fully saturated rings. The molecule has 8 heteroatoms. The highest BCUT2D eigenvalue weighted by molar-refractivity contribution is 5.86. The van der Waals surface area contributed by atoms with Crippen molar-refractivity contribution in [3.63, 3.8) is 0 Å². The first kappa shape index (κ1) is 14.6. The molecule has 112 valence electrons. The van der Waals surface area contributed by atoms with E-state index >= 15 is 0 Å². The number of aliphatic carboxylic acids is 2. The topological polar surface area (TPSA) is 127 Å². The molecule has 8 nitrogen and oxygen atoms in total. The predicted molar refractivity (Wildman–Crippen MR) is 66.1 cm³/mol. The Kier molecular flexibility index (Phi) is 4.12. The Morgan fingerprint density at radius 3 is 2.15 bits per heavy atom. The van der Waals surface area contributed by atoms with Crippen molar-refractivity contribution in [2.24, 2.45) is 0 Å². The number of carboxylic acids is 2. The van der Waals surface area contributed by atoms with E-state index in [-0.39, 0.29) is 12.1 Å². The quantitative estimate of drug-likeness (QED) is 0.557. The molecule has 2 aliphatic heterocycles. The van der Waals surface area contributed by atoms with Crippen LogP contribution in [-0.2, 0) is 9.59 Å². The summed E-state index contributed by atoms with van der Waals surface area (Å²) in [4.78, 5) is 35.2. The van der Waals surface area contributed by atoms with Gasteiger partial charge in [-0.25, -0.2) is 9.59 Å². The number of aliphatic hydroxyl groups is 1. The Labute approximate surface area is 115 Å². The van der Waals surface area contributed by atoms with E-state index in [1.54, 1.807) is 4.90 Å². The van der Waals surface area contributed by atoms with E-state index in [4.69, 9.17) is 10.2 Å². The maximum Gasteiger partial charge on any atom is 0.326 e. The van der Waals surface area contributed by atoms with Crippen LogP contribution in [0.15, 0.2) is 0 Å². The molecule has 2 amide bonds. The van der Waals surface area contributed by atoms with Gasteiger partial charge in [0.15, 0.2) is 0 Å². The molecule has 0 radical (unpaired) electrons. The van der Waals surface area contributed by atoms with E-state index in [1.165, 1.54) is 0 Å². The number of carbonyl (C=O) groups is 3. The molecule has 2 saturated heterocycles. The molecule has 0 saturated carbocycles. The third-order valence-electron chi connectivity index (χ3n) is 3.92. The Morgan fingerprint density at radius 2 is 1.70 bits per heavy atom. The minimum absolute atomic E-state index is 0.0944. The molecule has 4 N–H and O–H groups in total. The zero-order valence-electron chi connectivity index (χ0n) is 10.9. The highest BCUT2D eigenvalue weighted by atomic mass is 16.4. The summed E-state index contributed by atoms with van der Waals surface area (Å²) in [5.74, 6) is -2.65. The van der Waals surface area contributed by atoms with Gasteiger partial charge in [-0.15, -0.1) is 0 Å². The molecule has 3 atom stereocenters. The van der Waals surface area contributed by atoms with Crippen molar-refractivity contribution < 1.29 is 29.7 Å². The standard InChI is InChI=1S/C12H18N2O6/c15-8-3-6-1-2-7(4-8)14(6)12(20)13-9(11(18)19)5-10(16)17/h6-9,15H,1-5H2,(H,13,20)(H,16,17)(H,18,19). The van der Waals surface area contributed by atoms with E-state index in [2.05, 4.69) is 5.32 Å². The number of fused-ring (bicyclic) bond motifs is 2. The van der Waals surface area contributed by atoms with E-state index in [0.29, 0.717) is 12.8 Å². The summed E-state index contributed by atoms with van der Waals surface area (Å²) in [5, 5.41) is 29.5. The van der Waals surface area contributed by atoms with E-state index in [1.807, 2.05) is 0 Å². The van der Waals surface area contributed by atoms with Gasteiger partial charge in [0.25, 0.3) is 0 Å². The van der Waals surface area contributed by atoms with Crippen LogP contribution in [0.25, 0.3) is 0 Å². The Morgan fingerprint density at radius 1 is 1.15 bits per heavy atom. The van der Waals surface area contributed by atoms with Gasteiger partial charge >= 0.3 is 18.0 Å². The number of piperidine rings is 1. The van der Waals surface area contributed by atoms with Gasteiger partial charge in [0.1, 0.15) is 6.04 Å². The molecule has 0 aromatic rings. The lowest BCUT2D eigenvalue weighted by Gasteiger charge is -2.37. The predicted octanol–water partition coefficient (Wildman–Crippen LogP) is -0.388. The van der Waals surface area contributed by atoms with Gasteiger partial charge < -0.3 is 25.5 Å². The summed E-state index contributed by atoms with van der Waals surface area (Å²) >= 11 is 0. The summed E-state index contributed by atoms with van der Waals surface area (Å²) in [6, 6.07) is -2.18. The fourth-order valence-corrected chi connectivity index (χ4v) is 3.08. The number of nitrogens with zero attached hydrogens (tertiary/aromatic N) is 1. The zero-order chi connectivity index (χ0) is 14.9. The smallest absolute Gasteiger partial charge is 0.326 e. The van der Waals surface area contributed by atoms with Crippen LogP contribution in [0.3, 0.4) is 0 Å². The first-order valence-corrected chi connectivity index (χ1v) is 6.60. The number of urea groups is 1. The summed E-state index contributed by atoms with van der Waals surface area (Å²) in [6.07, 6.45) is 1.46. The van der Waals surface area contributed by atoms with E-state index in [0.717, 1.165) is 12.8 Å². The summed E-state index contributed by atoms with van der Waals surface area (Å²) in [5.41, 5.74) is 0. The normalized spacial score (nSPS) is 29.9. The lowest BCUT2D eigenvalue weighted by Crippen LogP contribution is -2.55. The SMILES string of the molecule is O=C(O)CC(NC(=O)N1C2CCC1CC(O)C2)C(=O)O. The van der Waals surface area contributed by atoms with Crippen LogP contribution in [0, 0.1) is 0 Å². The fourth-order valence-electron chi connectivity index (χ4n) is 3.08. The number of carbonyl (C=O) groups excluding carboxylic acids is 1. The van der Waals surface area contributed by atoms with Crippen LogP contribution in [0.4, 0.5) is 4.79 Å². The van der Waals surface area contributed by atoms with Crippen molar-refractivity contribution in [1.29, 1.82) is 0 Å². The fraction of sp³-hybridized carbons (Fsp3) is 0.750. The molecular formula is C12H18N2O6. The van der Waals surface area contributed by atoms with Crippen molar-refractivity contribution in [1.82, 2.24) is 10.2 Å². The van der Waals surface area contributed by atoms with Crippen LogP contribution in [0.1, 0.15) is 32.1 Å². The van der Waals surface area contributed by atoms with Crippen LogP contribution >= 0.6 is 0 Å². The minimum Gasteiger partial charge on any atom is -0.481 e. The molecular weight excluding hydrogens is 268 g/mol. The number of nitrogens with one attached hydrogen (secondary N) is 1. The van der Waals surface area contributed by atoms with Crippen LogP contribution in [0.2, 0.25) is 0 Å². The molecule has 0 aromatic heterocycles. The van der Waals surface area contributed by atoms with Gasteiger partial charge in [-0.1, -0.05) is 0 Å². The van der Waals surface area contributed by atoms with Crippen LogP contribution < -0.4 is 5.32 Å². The number of aliphatic hydroxyl groups excluding tert-OH is 1. The van der Waals surface area contributed by atoms with Gasteiger partial charge in [0.2, 0.25) is 0 Å². The van der Waals surface area contributed by atoms with Crippen LogP contribution in [-0.4, -0.2) is 62.4 Å². The van der Waals surface area contributed by atoms with Crippen LogP contribution in [0.5, 0.6) is 0 Å². The molecule has 3 unspecified atom stereocenters. The Bertz CT molecular complexity index is 412. The van der Waals surface area contributed by atoms with Gasteiger partial charge in [0, 0.05) is 12.1 Å². The number of hydrogen-bond acceptors (Lipinski definition) is 4. The Balaban J connectivity index is 2.00. The second-order valence-electron chi connectivity index (χ2n) is 5.36. The van der Waals surface area contributed by atoms with Crippen molar-refractivity contribution >= 4 is 18.0 Å². The second kappa shape index (κ2) is 5.66. The lowest BCUT2D eigenvalue weighted by atomic mass is 10.0. The average molecular weight is 286 g/mol. The van der Waals surface area contributed by atoms with E-state index < -0.39 is 36.5 Å². The highest BCUT2D eigenvalue weighted by Gasteiger charge is 2.43. The molecule has 0 aromatic carbocycles. The van der Waals surface area contributed by atoms with Gasteiger partial charge in [-0.05, 0) is 25.7 Å². The largest absolute Gasteiger partial charge is 0.481 e. The van der Waals surface area contributed by atoms with Crippen molar-refractivity contribution in [2.75, 3.05) is 0 Å². The first-order valence-electron chi connectivity index (χ1n) is 6.60. The number of amides is 2. The third-order valence-corrected chi connectivity index (χ3v) is 3.92. The molecule has 2 heterocycles. The molecule has 0 aliphatic carbocycles. The van der Waals surface area contributed by atoms with Crippen molar-refractivity contribution in [2.45, 2.75) is 56.3 Å². The van der Waals surface area contributed by atoms with E-state index in [9.17, 15) is 19.5 Å². The van der Waals surface area contributed by atoms with Crippen molar-refractivity contribution in [3.05, 3.63) is 0 Å². The first-order chi connectivity index (χ1) is 9.38. The van der Waals surface area contributed by atoms with Crippen molar-refractivity contribution in [3.8, 4) is 0 Å². The molecule has 2 aliphatic rings. The molecule has 20 heavy (non-hydrogen) atoms. The maximum atomic E-state index is 12.1. The molecule has 2 rings (SSSR count). The third kappa shape index (κ3) is 3.01. The number of rotatable bonds is 4. The minimum atomic E-state index is -1.44. The lowest BCUT2D eigenvalue weighted by molar-refractivity contribution is -0.145. The number of carboxylic acid groups (broad SMARTS) is 2. The summed E-state index contributed by atoms with van der Waals surface area (Å²) < 4.78 is 0. The average Bonchev–Trinajstić information content (AvgIpc) is 2.60. The van der Waals surface area contributed by atoms with Gasteiger partial charge in [-0.3, -0.25) is 4.79 Å². The highest BCUT2D eigenvalue weighted by Crippen LogP contribution is 2.35. The summed E-state index contributed by atoms with van der Waals surface area (Å²) in [6.45, 7) is 0. The zero-order valence-corrected chi connectivity index (χ0v) is 10.9. The Hall–Kier alpha value is -1.83. The molecule has 0 spiro atoms. The summed E-state index contributed by atoms with van der Waals surface area (Å²) in [7, 11) is 0. The number of hydrogen-bond donors (Lipinski definition) is 4. The maximum absolute atomic E-state index is 12.1. The van der Waals surface area contributed by atoms with Gasteiger partial charge in [-0.2, -0.15) is 0 Å².